The number of fused-ring (bicyclic) bond motifs is 3. The van der Waals surface area contributed by atoms with E-state index in [1.807, 2.05) is 93.6 Å². The van der Waals surface area contributed by atoms with E-state index < -0.39 is 11.3 Å². The second-order valence-electron chi connectivity index (χ2n) is 9.07. The Balaban J connectivity index is 1.43. The molecule has 1 N–H and O–H groups in total. The number of para-hydroxylation sites is 1. The molecule has 3 aromatic carbocycles. The van der Waals surface area contributed by atoms with Crippen molar-refractivity contribution in [2.75, 3.05) is 5.32 Å². The Hall–Kier alpha value is -3.71. The van der Waals surface area contributed by atoms with Gasteiger partial charge in [0.1, 0.15) is 11.9 Å². The molecule has 2 aliphatic rings. The lowest BCUT2D eigenvalue weighted by Gasteiger charge is -2.27. The Morgan fingerprint density at radius 2 is 1.81 bits per heavy atom. The Labute approximate surface area is 215 Å². The summed E-state index contributed by atoms with van der Waals surface area (Å²) in [6.07, 6.45) is 1.11. The summed E-state index contributed by atoms with van der Waals surface area (Å²) in [6, 6.07) is 23.1. The molecule has 5 rings (SSSR count). The van der Waals surface area contributed by atoms with Crippen molar-refractivity contribution in [2.45, 2.75) is 44.9 Å². The maximum Gasteiger partial charge on any atom is 0.259 e. The van der Waals surface area contributed by atoms with Gasteiger partial charge in [-0.3, -0.25) is 14.6 Å². The Bertz CT molecular complexity index is 1380. The number of rotatable bonds is 6. The van der Waals surface area contributed by atoms with E-state index in [1.54, 1.807) is 4.90 Å². The van der Waals surface area contributed by atoms with Crippen LogP contribution in [0.5, 0.6) is 0 Å². The van der Waals surface area contributed by atoms with Crippen LogP contribution < -0.4 is 5.32 Å². The second-order valence-corrected chi connectivity index (χ2v) is 10.2. The van der Waals surface area contributed by atoms with E-state index in [4.69, 9.17) is 9.98 Å². The van der Waals surface area contributed by atoms with Gasteiger partial charge in [0.2, 0.25) is 5.91 Å². The van der Waals surface area contributed by atoms with Gasteiger partial charge < -0.3 is 5.32 Å². The van der Waals surface area contributed by atoms with Crippen molar-refractivity contribution in [1.82, 2.24) is 4.90 Å². The summed E-state index contributed by atoms with van der Waals surface area (Å²) >= 11 is 1.32. The average molecular weight is 497 g/mol. The summed E-state index contributed by atoms with van der Waals surface area (Å²) in [5.74, 6) is 0.391. The molecular weight excluding hydrogens is 468 g/mol. The fourth-order valence-corrected chi connectivity index (χ4v) is 5.40. The minimum atomic E-state index is -0.525. The summed E-state index contributed by atoms with van der Waals surface area (Å²) in [4.78, 5) is 38.1. The van der Waals surface area contributed by atoms with Gasteiger partial charge in [0.15, 0.2) is 5.17 Å². The average Bonchev–Trinajstić information content (AvgIpc) is 3.21. The van der Waals surface area contributed by atoms with E-state index >= 15 is 0 Å². The standard InChI is InChI=1S/C29H28N4O2S/c1-4-25(27(34)31-23-16-18(2)14-15-19(23)3)36-29-32-22-13-9-8-12-21(22)26-30-24(28(35)33(26)29)17-20-10-6-5-7-11-20/h5-16,24-25H,4,17H2,1-3H3,(H,31,34)/t24-,25+/m0/s1. The summed E-state index contributed by atoms with van der Waals surface area (Å²) < 4.78 is 0. The van der Waals surface area contributed by atoms with Crippen molar-refractivity contribution in [3.63, 3.8) is 0 Å². The fraction of sp³-hybridized carbons (Fsp3) is 0.241. The molecule has 7 heteroatoms. The number of aryl methyl sites for hydroxylation is 2. The molecule has 3 aromatic rings. The van der Waals surface area contributed by atoms with Gasteiger partial charge in [0, 0.05) is 17.7 Å². The molecule has 0 fully saturated rings. The molecule has 2 heterocycles. The molecule has 2 atom stereocenters. The Kier molecular flexibility index (Phi) is 6.74. The first-order chi connectivity index (χ1) is 17.4. The maximum absolute atomic E-state index is 13.6. The van der Waals surface area contributed by atoms with E-state index in [2.05, 4.69) is 5.32 Å². The third-order valence-electron chi connectivity index (χ3n) is 6.38. The Morgan fingerprint density at radius 1 is 1.06 bits per heavy atom. The van der Waals surface area contributed by atoms with Crippen molar-refractivity contribution < 1.29 is 9.59 Å². The van der Waals surface area contributed by atoms with Crippen LogP contribution in [0.3, 0.4) is 0 Å². The highest BCUT2D eigenvalue weighted by atomic mass is 32.2. The smallest absolute Gasteiger partial charge is 0.259 e. The fourth-order valence-electron chi connectivity index (χ4n) is 4.38. The highest BCUT2D eigenvalue weighted by molar-refractivity contribution is 8.15. The van der Waals surface area contributed by atoms with E-state index in [9.17, 15) is 9.59 Å². The molecule has 0 saturated heterocycles. The van der Waals surface area contributed by atoms with Gasteiger partial charge in [-0.25, -0.2) is 9.89 Å². The van der Waals surface area contributed by atoms with Crippen LogP contribution in [0.25, 0.3) is 0 Å². The highest BCUT2D eigenvalue weighted by Gasteiger charge is 2.42. The first kappa shape index (κ1) is 24.0. The molecule has 2 amide bonds. The second kappa shape index (κ2) is 10.1. The zero-order chi connectivity index (χ0) is 25.2. The largest absolute Gasteiger partial charge is 0.325 e. The number of carbonyl (C=O) groups is 2. The van der Waals surface area contributed by atoms with Crippen molar-refractivity contribution in [3.8, 4) is 0 Å². The van der Waals surface area contributed by atoms with Crippen LogP contribution in [0.2, 0.25) is 0 Å². The van der Waals surface area contributed by atoms with Gasteiger partial charge in [0.25, 0.3) is 5.91 Å². The number of thioether (sulfide) groups is 1. The minimum absolute atomic E-state index is 0.108. The van der Waals surface area contributed by atoms with Crippen LogP contribution in [0.1, 0.15) is 35.6 Å². The molecule has 0 bridgehead atoms. The van der Waals surface area contributed by atoms with Gasteiger partial charge >= 0.3 is 0 Å². The van der Waals surface area contributed by atoms with Crippen molar-refractivity contribution in [2.24, 2.45) is 9.98 Å². The zero-order valence-electron chi connectivity index (χ0n) is 20.6. The number of hydrogen-bond acceptors (Lipinski definition) is 5. The van der Waals surface area contributed by atoms with Gasteiger partial charge in [-0.05, 0) is 55.2 Å². The van der Waals surface area contributed by atoms with Crippen molar-refractivity contribution >= 4 is 46.0 Å². The number of amidine groups is 2. The third-order valence-corrected chi connectivity index (χ3v) is 7.70. The lowest BCUT2D eigenvalue weighted by Crippen LogP contribution is -2.42. The maximum atomic E-state index is 13.6. The molecule has 6 nitrogen and oxygen atoms in total. The van der Waals surface area contributed by atoms with Crippen LogP contribution in [0.4, 0.5) is 11.4 Å². The van der Waals surface area contributed by atoms with Gasteiger partial charge in [-0.2, -0.15) is 0 Å². The normalized spacial score (nSPS) is 17.1. The molecule has 0 unspecified atom stereocenters. The van der Waals surface area contributed by atoms with E-state index in [0.717, 1.165) is 33.6 Å². The number of aliphatic imine (C=N–C) groups is 2. The first-order valence-electron chi connectivity index (χ1n) is 12.1. The molecule has 0 spiro atoms. The number of hydrogen-bond donors (Lipinski definition) is 1. The van der Waals surface area contributed by atoms with E-state index in [1.165, 1.54) is 11.8 Å². The molecule has 0 aromatic heterocycles. The molecule has 2 aliphatic heterocycles. The SMILES string of the molecule is CC[C@@H](SC1=Nc2ccccc2C2=N[C@@H](Cc3ccccc3)C(=O)N12)C(=O)Nc1cc(C)ccc1C. The van der Waals surface area contributed by atoms with Crippen molar-refractivity contribution in [1.29, 1.82) is 0 Å². The minimum Gasteiger partial charge on any atom is -0.325 e. The Morgan fingerprint density at radius 3 is 2.58 bits per heavy atom. The van der Waals surface area contributed by atoms with Crippen LogP contribution in [0.15, 0.2) is 82.8 Å². The van der Waals surface area contributed by atoms with Gasteiger partial charge in [-0.15, -0.1) is 0 Å². The zero-order valence-corrected chi connectivity index (χ0v) is 21.4. The summed E-state index contributed by atoms with van der Waals surface area (Å²) in [7, 11) is 0. The predicted molar refractivity (Wildman–Crippen MR) is 147 cm³/mol. The highest BCUT2D eigenvalue weighted by Crippen LogP contribution is 2.36. The van der Waals surface area contributed by atoms with Crippen LogP contribution in [-0.2, 0) is 16.0 Å². The quantitative estimate of drug-likeness (QED) is 0.479. The molecular formula is C29H28N4O2S. The molecule has 0 radical (unpaired) electrons. The summed E-state index contributed by atoms with van der Waals surface area (Å²) in [5, 5.41) is 3.15. The van der Waals surface area contributed by atoms with Crippen LogP contribution >= 0.6 is 11.8 Å². The predicted octanol–water partition coefficient (Wildman–Crippen LogP) is 5.66. The molecule has 36 heavy (non-hydrogen) atoms. The topological polar surface area (TPSA) is 74.1 Å². The lowest BCUT2D eigenvalue weighted by atomic mass is 10.1. The number of anilines is 1. The first-order valence-corrected chi connectivity index (χ1v) is 13.0. The van der Waals surface area contributed by atoms with E-state index in [-0.39, 0.29) is 11.8 Å². The summed E-state index contributed by atoms with van der Waals surface area (Å²) in [5.41, 5.74) is 5.53. The third kappa shape index (κ3) is 4.71. The lowest BCUT2D eigenvalue weighted by molar-refractivity contribution is -0.124. The van der Waals surface area contributed by atoms with E-state index in [0.29, 0.717) is 23.8 Å². The molecule has 0 aliphatic carbocycles. The van der Waals surface area contributed by atoms with Gasteiger partial charge in [-0.1, -0.05) is 73.3 Å². The number of nitrogens with one attached hydrogen (secondary N) is 1. The number of amides is 2. The van der Waals surface area contributed by atoms with Crippen LogP contribution in [0, 0.1) is 13.8 Å². The summed E-state index contributed by atoms with van der Waals surface area (Å²) in [6.45, 7) is 5.95. The number of nitrogens with zero attached hydrogens (tertiary/aromatic N) is 3. The molecule has 182 valence electrons. The number of carbonyl (C=O) groups excluding carboxylic acids is 2. The van der Waals surface area contributed by atoms with Crippen LogP contribution in [-0.4, -0.2) is 39.0 Å². The molecule has 0 saturated carbocycles. The van der Waals surface area contributed by atoms with Gasteiger partial charge in [0.05, 0.1) is 10.9 Å². The van der Waals surface area contributed by atoms with Crippen molar-refractivity contribution in [3.05, 3.63) is 95.1 Å². The number of benzene rings is 3. The monoisotopic (exact) mass is 496 g/mol.